The van der Waals surface area contributed by atoms with Crippen LogP contribution in [-0.4, -0.2) is 17.2 Å². The van der Waals surface area contributed by atoms with E-state index in [0.717, 1.165) is 16.7 Å². The minimum atomic E-state index is -0.993. The molecule has 1 amide bonds. The van der Waals surface area contributed by atoms with Crippen LogP contribution in [0.2, 0.25) is 0 Å². The van der Waals surface area contributed by atoms with Crippen LogP contribution >= 0.6 is 0 Å². The quantitative estimate of drug-likeness (QED) is 0.682. The van der Waals surface area contributed by atoms with Crippen molar-refractivity contribution in [3.8, 4) is 0 Å². The molecule has 0 bridgehead atoms. The third kappa shape index (κ3) is 4.95. The number of alkyl carbamates (subject to hydrolysis) is 1. The van der Waals surface area contributed by atoms with Crippen LogP contribution in [0.1, 0.15) is 33.1 Å². The van der Waals surface area contributed by atoms with Gasteiger partial charge in [-0.15, -0.1) is 0 Å². The molecule has 3 rings (SSSR count). The van der Waals surface area contributed by atoms with Crippen molar-refractivity contribution in [2.45, 2.75) is 12.6 Å². The van der Waals surface area contributed by atoms with Gasteiger partial charge >= 0.3 is 12.1 Å². The maximum atomic E-state index is 12.3. The second-order valence-electron chi connectivity index (χ2n) is 5.98. The van der Waals surface area contributed by atoms with Crippen LogP contribution in [0.4, 0.5) is 4.79 Å². The zero-order valence-corrected chi connectivity index (χ0v) is 14.5. The minimum Gasteiger partial charge on any atom is -0.478 e. The lowest BCUT2D eigenvalue weighted by Crippen LogP contribution is -2.29. The minimum absolute atomic E-state index is 0.173. The second kappa shape index (κ2) is 8.67. The summed E-state index contributed by atoms with van der Waals surface area (Å²) in [5, 5.41) is 11.9. The number of amides is 1. The van der Waals surface area contributed by atoms with E-state index in [0.29, 0.717) is 0 Å². The fourth-order valence-electron chi connectivity index (χ4n) is 2.71. The normalized spacial score (nSPS) is 11.4. The predicted molar refractivity (Wildman–Crippen MR) is 101 cm³/mol. The Morgan fingerprint density at radius 2 is 1.37 bits per heavy atom. The van der Waals surface area contributed by atoms with E-state index in [1.807, 2.05) is 60.7 Å². The van der Waals surface area contributed by atoms with Crippen LogP contribution in [-0.2, 0) is 11.3 Å². The lowest BCUT2D eigenvalue weighted by Gasteiger charge is -2.20. The molecule has 3 aromatic rings. The zero-order valence-electron chi connectivity index (χ0n) is 14.5. The molecule has 0 radical (unpaired) electrons. The van der Waals surface area contributed by atoms with E-state index in [1.165, 1.54) is 12.1 Å². The Labute approximate surface area is 157 Å². The summed E-state index contributed by atoms with van der Waals surface area (Å²) in [7, 11) is 0. The highest BCUT2D eigenvalue weighted by Crippen LogP contribution is 2.22. The van der Waals surface area contributed by atoms with Gasteiger partial charge < -0.3 is 15.2 Å². The molecular weight excluding hydrogens is 342 g/mol. The summed E-state index contributed by atoms with van der Waals surface area (Å²) in [6.45, 7) is 0.173. The molecule has 0 saturated heterocycles. The molecule has 5 nitrogen and oxygen atoms in total. The molecule has 3 aromatic carbocycles. The van der Waals surface area contributed by atoms with Crippen LogP contribution in [0.15, 0.2) is 84.9 Å². The summed E-state index contributed by atoms with van der Waals surface area (Å²) < 4.78 is 5.32. The van der Waals surface area contributed by atoms with Crippen molar-refractivity contribution in [1.82, 2.24) is 5.32 Å². The highest BCUT2D eigenvalue weighted by atomic mass is 16.5. The SMILES string of the molecule is O=C(NC(c1ccccc1)c1ccc(C(=O)O)cc1)OCc1ccccc1. The number of carbonyl (C=O) groups is 2. The zero-order chi connectivity index (χ0) is 19.1. The van der Waals surface area contributed by atoms with Gasteiger partial charge in [-0.25, -0.2) is 9.59 Å². The number of aromatic carboxylic acids is 1. The van der Waals surface area contributed by atoms with Crippen molar-refractivity contribution < 1.29 is 19.4 Å². The van der Waals surface area contributed by atoms with E-state index in [9.17, 15) is 9.59 Å². The molecule has 2 N–H and O–H groups in total. The predicted octanol–water partition coefficient (Wildman–Crippen LogP) is 4.40. The van der Waals surface area contributed by atoms with Gasteiger partial charge in [-0.2, -0.15) is 0 Å². The topological polar surface area (TPSA) is 75.6 Å². The summed E-state index contributed by atoms with van der Waals surface area (Å²) >= 11 is 0. The lowest BCUT2D eigenvalue weighted by molar-refractivity contribution is 0.0696. The molecule has 5 heteroatoms. The molecule has 27 heavy (non-hydrogen) atoms. The monoisotopic (exact) mass is 361 g/mol. The van der Waals surface area contributed by atoms with Gasteiger partial charge in [0.1, 0.15) is 6.61 Å². The van der Waals surface area contributed by atoms with Crippen molar-refractivity contribution in [3.63, 3.8) is 0 Å². The first-order chi connectivity index (χ1) is 13.1. The molecule has 0 aliphatic carbocycles. The fourth-order valence-corrected chi connectivity index (χ4v) is 2.71. The third-order valence-corrected chi connectivity index (χ3v) is 4.10. The van der Waals surface area contributed by atoms with Crippen molar-refractivity contribution in [3.05, 3.63) is 107 Å². The van der Waals surface area contributed by atoms with E-state index >= 15 is 0 Å². The van der Waals surface area contributed by atoms with E-state index in [4.69, 9.17) is 9.84 Å². The Morgan fingerprint density at radius 3 is 1.96 bits per heavy atom. The number of nitrogens with one attached hydrogen (secondary N) is 1. The Morgan fingerprint density at radius 1 is 0.815 bits per heavy atom. The summed E-state index contributed by atoms with van der Waals surface area (Å²) in [5.74, 6) is -0.993. The van der Waals surface area contributed by atoms with Crippen LogP contribution in [0, 0.1) is 0 Å². The first-order valence-corrected chi connectivity index (χ1v) is 8.49. The number of benzene rings is 3. The number of carbonyl (C=O) groups excluding carboxylic acids is 1. The van der Waals surface area contributed by atoms with Gasteiger partial charge in [0.2, 0.25) is 0 Å². The molecule has 0 fully saturated rings. The van der Waals surface area contributed by atoms with Crippen molar-refractivity contribution >= 4 is 12.1 Å². The van der Waals surface area contributed by atoms with Crippen LogP contribution in [0.3, 0.4) is 0 Å². The Bertz CT molecular complexity index is 893. The summed E-state index contributed by atoms with van der Waals surface area (Å²) in [4.78, 5) is 23.4. The number of hydrogen-bond acceptors (Lipinski definition) is 3. The summed E-state index contributed by atoms with van der Waals surface area (Å²) in [6.07, 6.45) is -0.546. The van der Waals surface area contributed by atoms with Crippen LogP contribution in [0.5, 0.6) is 0 Å². The molecule has 0 spiro atoms. The molecule has 1 unspecified atom stereocenters. The number of hydrogen-bond donors (Lipinski definition) is 2. The Kier molecular flexibility index (Phi) is 5.84. The van der Waals surface area contributed by atoms with Gasteiger partial charge in [0.15, 0.2) is 0 Å². The first-order valence-electron chi connectivity index (χ1n) is 8.49. The van der Waals surface area contributed by atoms with E-state index < -0.39 is 18.1 Å². The van der Waals surface area contributed by atoms with Gasteiger partial charge in [0, 0.05) is 0 Å². The fraction of sp³-hybridized carbons (Fsp3) is 0.0909. The molecule has 136 valence electrons. The van der Waals surface area contributed by atoms with E-state index in [2.05, 4.69) is 5.32 Å². The standard InChI is InChI=1S/C22H19NO4/c24-21(25)19-13-11-18(12-14-19)20(17-9-5-2-6-10-17)23-22(26)27-15-16-7-3-1-4-8-16/h1-14,20H,15H2,(H,23,26)(H,24,25). The van der Waals surface area contributed by atoms with Crippen LogP contribution in [0.25, 0.3) is 0 Å². The van der Waals surface area contributed by atoms with Gasteiger partial charge in [-0.05, 0) is 28.8 Å². The van der Waals surface area contributed by atoms with Crippen molar-refractivity contribution in [2.75, 3.05) is 0 Å². The molecule has 0 aromatic heterocycles. The number of carboxylic acids is 1. The Balaban J connectivity index is 1.76. The molecule has 1 atom stereocenters. The van der Waals surface area contributed by atoms with Gasteiger partial charge in [0.05, 0.1) is 11.6 Å². The highest BCUT2D eigenvalue weighted by molar-refractivity contribution is 5.87. The smallest absolute Gasteiger partial charge is 0.408 e. The molecule has 0 aliphatic heterocycles. The summed E-state index contributed by atoms with van der Waals surface area (Å²) in [6, 6.07) is 24.8. The molecule has 0 heterocycles. The van der Waals surface area contributed by atoms with Gasteiger partial charge in [0.25, 0.3) is 0 Å². The Hall–Kier alpha value is -3.60. The van der Waals surface area contributed by atoms with Gasteiger partial charge in [-0.3, -0.25) is 0 Å². The maximum Gasteiger partial charge on any atom is 0.408 e. The molecular formula is C22H19NO4. The van der Waals surface area contributed by atoms with Crippen LogP contribution < -0.4 is 5.32 Å². The van der Waals surface area contributed by atoms with Crippen molar-refractivity contribution in [2.24, 2.45) is 0 Å². The average molecular weight is 361 g/mol. The number of ether oxygens (including phenoxy) is 1. The number of carboxylic acid groups (broad SMARTS) is 1. The summed E-state index contributed by atoms with van der Waals surface area (Å²) in [5.41, 5.74) is 2.73. The molecule has 0 aliphatic rings. The van der Waals surface area contributed by atoms with Gasteiger partial charge in [-0.1, -0.05) is 72.8 Å². The second-order valence-corrected chi connectivity index (χ2v) is 5.98. The molecule has 0 saturated carbocycles. The number of rotatable bonds is 6. The first kappa shape index (κ1) is 18.2. The highest BCUT2D eigenvalue weighted by Gasteiger charge is 2.18. The largest absolute Gasteiger partial charge is 0.478 e. The van der Waals surface area contributed by atoms with Crippen molar-refractivity contribution in [1.29, 1.82) is 0 Å². The lowest BCUT2D eigenvalue weighted by atomic mass is 9.98. The average Bonchev–Trinajstić information content (AvgIpc) is 2.72. The van der Waals surface area contributed by atoms with E-state index in [1.54, 1.807) is 12.1 Å². The van der Waals surface area contributed by atoms with E-state index in [-0.39, 0.29) is 12.2 Å². The third-order valence-electron chi connectivity index (χ3n) is 4.10. The maximum absolute atomic E-state index is 12.3.